The number of nitrogens with zero attached hydrogens (tertiary/aromatic N) is 1. The van der Waals surface area contributed by atoms with Crippen LogP contribution in [-0.2, 0) is 0 Å². The van der Waals surface area contributed by atoms with Crippen molar-refractivity contribution in [3.8, 4) is 0 Å². The molecule has 0 saturated heterocycles. The maximum Gasteiger partial charge on any atom is 0.287 e. The summed E-state index contributed by atoms with van der Waals surface area (Å²) >= 11 is 1.48. The Balaban J connectivity index is 2.18. The maximum absolute atomic E-state index is 12.0. The van der Waals surface area contributed by atoms with Crippen LogP contribution in [0.5, 0.6) is 0 Å². The summed E-state index contributed by atoms with van der Waals surface area (Å²) in [5.41, 5.74) is -0.240. The minimum Gasteiger partial charge on any atom is -0.456 e. The van der Waals surface area contributed by atoms with Gasteiger partial charge in [-0.25, -0.2) is 4.98 Å². The van der Waals surface area contributed by atoms with E-state index < -0.39 is 5.91 Å². The fourth-order valence-electron chi connectivity index (χ4n) is 1.69. The molecule has 1 amide bonds. The van der Waals surface area contributed by atoms with Crippen LogP contribution < -0.4 is 10.7 Å². The Labute approximate surface area is 114 Å². The summed E-state index contributed by atoms with van der Waals surface area (Å²) in [6.45, 7) is 3.59. The molecule has 0 spiro atoms. The largest absolute Gasteiger partial charge is 0.456 e. The molecule has 0 bridgehead atoms. The second-order valence-corrected chi connectivity index (χ2v) is 5.00. The Morgan fingerprint density at radius 2 is 2.32 bits per heavy atom. The summed E-state index contributed by atoms with van der Waals surface area (Å²) in [4.78, 5) is 27.6. The summed E-state index contributed by atoms with van der Waals surface area (Å²) in [7, 11) is 0. The van der Waals surface area contributed by atoms with E-state index in [0.717, 1.165) is 11.4 Å². The number of carbonyl (C=O) groups is 1. The lowest BCUT2D eigenvalue weighted by molar-refractivity contribution is 0.0903. The first-order valence-electron chi connectivity index (χ1n) is 5.92. The Morgan fingerprint density at radius 1 is 1.53 bits per heavy atom. The number of amides is 1. The molecule has 100 valence electrons. The quantitative estimate of drug-likeness (QED) is 0.931. The summed E-state index contributed by atoms with van der Waals surface area (Å²) in [5.74, 6) is 0.0443. The molecule has 5 nitrogen and oxygen atoms in total. The van der Waals surface area contributed by atoms with Gasteiger partial charge in [-0.2, -0.15) is 0 Å². The predicted octanol–water partition coefficient (Wildman–Crippen LogP) is 2.29. The second kappa shape index (κ2) is 5.79. The molecule has 0 aromatic carbocycles. The molecule has 0 aliphatic carbocycles. The van der Waals surface area contributed by atoms with Gasteiger partial charge in [0.2, 0.25) is 0 Å². The Morgan fingerprint density at radius 3 is 2.89 bits per heavy atom. The first kappa shape index (κ1) is 13.5. The summed E-state index contributed by atoms with van der Waals surface area (Å²) in [6, 6.07) is 2.37. The van der Waals surface area contributed by atoms with Crippen molar-refractivity contribution in [2.24, 2.45) is 0 Å². The van der Waals surface area contributed by atoms with Crippen molar-refractivity contribution in [1.82, 2.24) is 10.3 Å². The van der Waals surface area contributed by atoms with E-state index in [1.807, 2.05) is 12.3 Å². The molecule has 2 rings (SSSR count). The van der Waals surface area contributed by atoms with E-state index in [9.17, 15) is 9.59 Å². The normalized spacial score (nSPS) is 12.1. The van der Waals surface area contributed by atoms with Gasteiger partial charge in [-0.3, -0.25) is 9.59 Å². The predicted molar refractivity (Wildman–Crippen MR) is 72.3 cm³/mol. The number of nitrogens with one attached hydrogen (secondary N) is 1. The maximum atomic E-state index is 12.0. The van der Waals surface area contributed by atoms with E-state index in [0.29, 0.717) is 5.76 Å². The van der Waals surface area contributed by atoms with Gasteiger partial charge in [0.1, 0.15) is 10.8 Å². The molecule has 0 saturated carbocycles. The van der Waals surface area contributed by atoms with Crippen molar-refractivity contribution in [3.05, 3.63) is 50.5 Å². The highest BCUT2D eigenvalue weighted by atomic mass is 32.1. The third-order valence-corrected chi connectivity index (χ3v) is 3.47. The van der Waals surface area contributed by atoms with Crippen molar-refractivity contribution >= 4 is 17.2 Å². The highest BCUT2D eigenvalue weighted by molar-refractivity contribution is 7.09. The van der Waals surface area contributed by atoms with Crippen molar-refractivity contribution < 1.29 is 9.21 Å². The molecule has 19 heavy (non-hydrogen) atoms. The van der Waals surface area contributed by atoms with Crippen LogP contribution in [0.3, 0.4) is 0 Å². The number of hydrogen-bond acceptors (Lipinski definition) is 5. The first-order chi connectivity index (χ1) is 9.10. The van der Waals surface area contributed by atoms with Crippen molar-refractivity contribution in [2.75, 3.05) is 0 Å². The lowest BCUT2D eigenvalue weighted by Gasteiger charge is -2.13. The molecule has 1 atom stereocenters. The van der Waals surface area contributed by atoms with Gasteiger partial charge in [0.15, 0.2) is 11.2 Å². The summed E-state index contributed by atoms with van der Waals surface area (Å²) in [6.07, 6.45) is 2.41. The highest BCUT2D eigenvalue weighted by Gasteiger charge is 2.18. The molecule has 6 heteroatoms. The van der Waals surface area contributed by atoms with Crippen LogP contribution in [0.2, 0.25) is 0 Å². The summed E-state index contributed by atoms with van der Waals surface area (Å²) in [5, 5.41) is 5.51. The van der Waals surface area contributed by atoms with Gasteiger partial charge in [0.25, 0.3) is 5.91 Å². The molecular formula is C13H14N2O3S. The number of rotatable bonds is 4. The van der Waals surface area contributed by atoms with Crippen molar-refractivity contribution in [1.29, 1.82) is 0 Å². The molecule has 2 aromatic rings. The van der Waals surface area contributed by atoms with Crippen LogP contribution in [0.15, 0.2) is 32.9 Å². The number of carbonyl (C=O) groups excluding carboxylic acids is 1. The zero-order valence-corrected chi connectivity index (χ0v) is 11.5. The average Bonchev–Trinajstić information content (AvgIpc) is 2.88. The van der Waals surface area contributed by atoms with Gasteiger partial charge < -0.3 is 9.73 Å². The zero-order valence-electron chi connectivity index (χ0n) is 10.7. The molecule has 1 unspecified atom stereocenters. The number of aryl methyl sites for hydroxylation is 1. The average molecular weight is 278 g/mol. The SMILES string of the molecule is CCC(NC(=O)c1cc(=O)cc(C)o1)c1nccs1. The number of thiazole rings is 1. The summed E-state index contributed by atoms with van der Waals surface area (Å²) < 4.78 is 5.25. The van der Waals surface area contributed by atoms with Crippen molar-refractivity contribution in [2.45, 2.75) is 26.3 Å². The molecule has 0 aliphatic heterocycles. The van der Waals surface area contributed by atoms with Gasteiger partial charge in [0, 0.05) is 23.7 Å². The fraction of sp³-hybridized carbons (Fsp3) is 0.308. The van der Waals surface area contributed by atoms with Crippen LogP contribution in [0.1, 0.15) is 40.7 Å². The minimum atomic E-state index is -0.400. The van der Waals surface area contributed by atoms with Gasteiger partial charge in [-0.15, -0.1) is 11.3 Å². The molecule has 2 aromatic heterocycles. The van der Waals surface area contributed by atoms with Gasteiger partial charge in [-0.1, -0.05) is 6.92 Å². The van der Waals surface area contributed by atoms with Crippen LogP contribution >= 0.6 is 11.3 Å². The molecule has 0 aliphatic rings. The lowest BCUT2D eigenvalue weighted by atomic mass is 10.2. The number of hydrogen-bond donors (Lipinski definition) is 1. The standard InChI is InChI=1S/C13H14N2O3S/c1-3-10(13-14-4-5-19-13)15-12(17)11-7-9(16)6-8(2)18-11/h4-7,10H,3H2,1-2H3,(H,15,17). The van der Waals surface area contributed by atoms with Gasteiger partial charge in [-0.05, 0) is 13.3 Å². The molecule has 2 heterocycles. The third-order valence-electron chi connectivity index (χ3n) is 2.58. The highest BCUT2D eigenvalue weighted by Crippen LogP contribution is 2.19. The molecular weight excluding hydrogens is 264 g/mol. The van der Waals surface area contributed by atoms with Crippen LogP contribution in [0, 0.1) is 6.92 Å². The van der Waals surface area contributed by atoms with E-state index in [-0.39, 0.29) is 17.2 Å². The second-order valence-electron chi connectivity index (χ2n) is 4.07. The molecule has 0 fully saturated rings. The van der Waals surface area contributed by atoms with E-state index in [1.165, 1.54) is 23.5 Å². The van der Waals surface area contributed by atoms with E-state index in [1.54, 1.807) is 13.1 Å². The van der Waals surface area contributed by atoms with E-state index in [4.69, 9.17) is 4.42 Å². The Bertz CT molecular complexity index is 619. The van der Waals surface area contributed by atoms with E-state index in [2.05, 4.69) is 10.3 Å². The fourth-order valence-corrected chi connectivity index (χ4v) is 2.46. The van der Waals surface area contributed by atoms with Crippen LogP contribution in [0.25, 0.3) is 0 Å². The van der Waals surface area contributed by atoms with Gasteiger partial charge >= 0.3 is 0 Å². The smallest absolute Gasteiger partial charge is 0.287 e. The topological polar surface area (TPSA) is 72.2 Å². The minimum absolute atomic E-state index is 0.0278. The monoisotopic (exact) mass is 278 g/mol. The zero-order chi connectivity index (χ0) is 13.8. The van der Waals surface area contributed by atoms with E-state index >= 15 is 0 Å². The number of aromatic nitrogens is 1. The van der Waals surface area contributed by atoms with Crippen LogP contribution in [-0.4, -0.2) is 10.9 Å². The Hall–Kier alpha value is -1.95. The molecule has 0 radical (unpaired) electrons. The Kier molecular flexibility index (Phi) is 4.11. The lowest BCUT2D eigenvalue weighted by Crippen LogP contribution is -2.28. The molecule has 1 N–H and O–H groups in total. The van der Waals surface area contributed by atoms with Crippen LogP contribution in [0.4, 0.5) is 0 Å². The van der Waals surface area contributed by atoms with Gasteiger partial charge in [0.05, 0.1) is 6.04 Å². The van der Waals surface area contributed by atoms with Crippen molar-refractivity contribution in [3.63, 3.8) is 0 Å². The third kappa shape index (κ3) is 3.29. The first-order valence-corrected chi connectivity index (χ1v) is 6.80.